The Hall–Kier alpha value is -3.55. The predicted molar refractivity (Wildman–Crippen MR) is 103 cm³/mol. The molecule has 3 N–H and O–H groups in total. The summed E-state index contributed by atoms with van der Waals surface area (Å²) in [7, 11) is 4.81. The van der Waals surface area contributed by atoms with Gasteiger partial charge in [0.15, 0.2) is 18.1 Å². The van der Waals surface area contributed by atoms with Crippen LogP contribution in [0.1, 0.15) is 26.3 Å². The van der Waals surface area contributed by atoms with Crippen molar-refractivity contribution in [2.75, 3.05) is 27.8 Å². The van der Waals surface area contributed by atoms with Gasteiger partial charge in [0.1, 0.15) is 0 Å². The molecule has 0 heterocycles. The second-order valence-electron chi connectivity index (χ2n) is 6.20. The van der Waals surface area contributed by atoms with Crippen LogP contribution in [-0.4, -0.2) is 50.4 Å². The number of primary amides is 1. The highest BCUT2D eigenvalue weighted by atomic mass is 16.5. The zero-order chi connectivity index (χ0) is 20.7. The minimum atomic E-state index is -0.609. The number of hydrogen-bond acceptors (Lipinski definition) is 5. The van der Waals surface area contributed by atoms with E-state index in [9.17, 15) is 14.4 Å². The third kappa shape index (κ3) is 5.47. The Bertz CT molecular complexity index is 863. The number of methoxy groups -OCH3 is 1. The molecule has 2 aromatic rings. The molecule has 0 aliphatic rings. The summed E-state index contributed by atoms with van der Waals surface area (Å²) in [4.78, 5) is 36.6. The van der Waals surface area contributed by atoms with Crippen LogP contribution in [0.3, 0.4) is 0 Å². The third-order valence-electron chi connectivity index (χ3n) is 3.86. The highest BCUT2D eigenvalue weighted by molar-refractivity contribution is 5.95. The van der Waals surface area contributed by atoms with Crippen molar-refractivity contribution in [2.45, 2.75) is 6.54 Å². The number of carbonyl (C=O) groups excluding carboxylic acids is 3. The Balaban J connectivity index is 2.00. The summed E-state index contributed by atoms with van der Waals surface area (Å²) in [6.45, 7) is 0.0196. The molecule has 0 spiro atoms. The van der Waals surface area contributed by atoms with Crippen molar-refractivity contribution in [1.29, 1.82) is 0 Å². The van der Waals surface area contributed by atoms with Crippen LogP contribution in [0.4, 0.5) is 0 Å². The lowest BCUT2D eigenvalue weighted by atomic mass is 10.1. The number of carbonyl (C=O) groups is 3. The standard InChI is InChI=1S/C20H23N3O5/c1-23(2)20(26)14-6-4-13(5-7-14)11-22-19(25)15-8-9-16(17(10-15)27-3)28-12-18(21)24/h4-10H,11-12H2,1-3H3,(H2,21,24)(H,22,25). The largest absolute Gasteiger partial charge is 0.493 e. The second kappa shape index (κ2) is 9.40. The molecule has 0 saturated carbocycles. The van der Waals surface area contributed by atoms with Crippen LogP contribution < -0.4 is 20.5 Å². The predicted octanol–water partition coefficient (Wildman–Crippen LogP) is 1.19. The van der Waals surface area contributed by atoms with E-state index in [4.69, 9.17) is 15.2 Å². The van der Waals surface area contributed by atoms with E-state index >= 15 is 0 Å². The Kier molecular flexibility index (Phi) is 6.97. The molecule has 0 unspecified atom stereocenters. The lowest BCUT2D eigenvalue weighted by molar-refractivity contribution is -0.119. The van der Waals surface area contributed by atoms with Crippen molar-refractivity contribution in [3.05, 3.63) is 59.2 Å². The Labute approximate surface area is 163 Å². The van der Waals surface area contributed by atoms with Crippen LogP contribution in [0.2, 0.25) is 0 Å². The van der Waals surface area contributed by atoms with Gasteiger partial charge in [-0.25, -0.2) is 0 Å². The number of benzene rings is 2. The molecule has 0 aromatic heterocycles. The highest BCUT2D eigenvalue weighted by Crippen LogP contribution is 2.28. The maximum absolute atomic E-state index is 12.4. The molecule has 0 aliphatic carbocycles. The van der Waals surface area contributed by atoms with E-state index in [1.54, 1.807) is 50.5 Å². The third-order valence-corrected chi connectivity index (χ3v) is 3.86. The van der Waals surface area contributed by atoms with E-state index in [-0.39, 0.29) is 18.4 Å². The number of nitrogens with zero attached hydrogens (tertiary/aromatic N) is 1. The number of hydrogen-bond donors (Lipinski definition) is 2. The van der Waals surface area contributed by atoms with Crippen molar-refractivity contribution in [3.8, 4) is 11.5 Å². The molecule has 148 valence electrons. The maximum atomic E-state index is 12.4. The molecule has 8 nitrogen and oxygen atoms in total. The molecular weight excluding hydrogens is 362 g/mol. The van der Waals surface area contributed by atoms with Crippen molar-refractivity contribution in [3.63, 3.8) is 0 Å². The van der Waals surface area contributed by atoms with E-state index in [2.05, 4.69) is 5.32 Å². The Morgan fingerprint density at radius 3 is 2.21 bits per heavy atom. The molecular formula is C20H23N3O5. The van der Waals surface area contributed by atoms with Crippen molar-refractivity contribution in [2.24, 2.45) is 5.73 Å². The molecule has 0 aliphatic heterocycles. The summed E-state index contributed by atoms with van der Waals surface area (Å²) in [5, 5.41) is 2.80. The first-order chi connectivity index (χ1) is 13.3. The first-order valence-corrected chi connectivity index (χ1v) is 8.49. The van der Waals surface area contributed by atoms with E-state index in [1.807, 2.05) is 0 Å². The fourth-order valence-electron chi connectivity index (χ4n) is 2.38. The summed E-state index contributed by atoms with van der Waals surface area (Å²) in [6.07, 6.45) is 0. The van der Waals surface area contributed by atoms with Gasteiger partial charge in [-0.2, -0.15) is 0 Å². The smallest absolute Gasteiger partial charge is 0.255 e. The fraction of sp³-hybridized carbons (Fsp3) is 0.250. The van der Waals surface area contributed by atoms with Crippen LogP contribution in [-0.2, 0) is 11.3 Å². The molecule has 0 atom stereocenters. The molecule has 0 saturated heterocycles. The Morgan fingerprint density at radius 1 is 1.00 bits per heavy atom. The van der Waals surface area contributed by atoms with Crippen LogP contribution in [0.25, 0.3) is 0 Å². The van der Waals surface area contributed by atoms with E-state index in [0.717, 1.165) is 5.56 Å². The van der Waals surface area contributed by atoms with Crippen molar-refractivity contribution in [1.82, 2.24) is 10.2 Å². The van der Waals surface area contributed by atoms with E-state index in [0.29, 0.717) is 29.2 Å². The number of ether oxygens (including phenoxy) is 2. The summed E-state index contributed by atoms with van der Waals surface area (Å²) in [5.74, 6) is -0.351. The molecule has 2 rings (SSSR count). The minimum absolute atomic E-state index is 0.0821. The fourth-order valence-corrected chi connectivity index (χ4v) is 2.38. The first kappa shape index (κ1) is 20.8. The summed E-state index contributed by atoms with van der Waals surface area (Å²) in [5.41, 5.74) is 6.87. The number of amides is 3. The van der Waals surface area contributed by atoms with Gasteiger partial charge in [0.25, 0.3) is 17.7 Å². The lowest BCUT2D eigenvalue weighted by Gasteiger charge is -2.12. The van der Waals surface area contributed by atoms with Gasteiger partial charge in [-0.05, 0) is 35.9 Å². The quantitative estimate of drug-likeness (QED) is 0.709. The maximum Gasteiger partial charge on any atom is 0.255 e. The second-order valence-corrected chi connectivity index (χ2v) is 6.20. The average Bonchev–Trinajstić information content (AvgIpc) is 2.69. The summed E-state index contributed by atoms with van der Waals surface area (Å²) in [6, 6.07) is 11.6. The summed E-state index contributed by atoms with van der Waals surface area (Å²) >= 11 is 0. The van der Waals surface area contributed by atoms with Crippen molar-refractivity contribution < 1.29 is 23.9 Å². The zero-order valence-corrected chi connectivity index (χ0v) is 16.0. The molecule has 8 heteroatoms. The van der Waals surface area contributed by atoms with Gasteiger partial charge in [0.2, 0.25) is 0 Å². The van der Waals surface area contributed by atoms with Gasteiger partial charge in [0.05, 0.1) is 7.11 Å². The van der Waals surface area contributed by atoms with Gasteiger partial charge in [-0.1, -0.05) is 12.1 Å². The van der Waals surface area contributed by atoms with Crippen molar-refractivity contribution >= 4 is 17.7 Å². The van der Waals surface area contributed by atoms with Gasteiger partial charge in [0, 0.05) is 31.8 Å². The van der Waals surface area contributed by atoms with Gasteiger partial charge < -0.3 is 25.4 Å². The SMILES string of the molecule is COc1cc(C(=O)NCc2ccc(C(=O)N(C)C)cc2)ccc1OCC(N)=O. The number of nitrogens with two attached hydrogens (primary N) is 1. The van der Waals surface area contributed by atoms with Crippen LogP contribution in [0, 0.1) is 0 Å². The lowest BCUT2D eigenvalue weighted by Crippen LogP contribution is -2.23. The molecule has 0 radical (unpaired) electrons. The van der Waals surface area contributed by atoms with E-state index < -0.39 is 5.91 Å². The zero-order valence-electron chi connectivity index (χ0n) is 16.0. The summed E-state index contributed by atoms with van der Waals surface area (Å²) < 4.78 is 10.4. The van der Waals surface area contributed by atoms with Gasteiger partial charge in [-0.3, -0.25) is 14.4 Å². The minimum Gasteiger partial charge on any atom is -0.493 e. The molecule has 28 heavy (non-hydrogen) atoms. The molecule has 2 aromatic carbocycles. The van der Waals surface area contributed by atoms with E-state index in [1.165, 1.54) is 18.1 Å². The van der Waals surface area contributed by atoms with Gasteiger partial charge in [-0.15, -0.1) is 0 Å². The van der Waals surface area contributed by atoms with Crippen LogP contribution >= 0.6 is 0 Å². The average molecular weight is 385 g/mol. The molecule has 0 bridgehead atoms. The van der Waals surface area contributed by atoms with Crippen LogP contribution in [0.15, 0.2) is 42.5 Å². The van der Waals surface area contributed by atoms with Gasteiger partial charge >= 0.3 is 0 Å². The molecule has 0 fully saturated rings. The number of nitrogens with one attached hydrogen (secondary N) is 1. The monoisotopic (exact) mass is 385 g/mol. The van der Waals surface area contributed by atoms with Crippen LogP contribution in [0.5, 0.6) is 11.5 Å². The Morgan fingerprint density at radius 2 is 1.64 bits per heavy atom. The molecule has 3 amide bonds. The number of rotatable bonds is 8. The highest BCUT2D eigenvalue weighted by Gasteiger charge is 2.12. The first-order valence-electron chi connectivity index (χ1n) is 8.49. The topological polar surface area (TPSA) is 111 Å². The normalized spacial score (nSPS) is 10.1.